The Kier molecular flexibility index (Phi) is 7.19. The molecule has 1 unspecified atom stereocenters. The molecular formula is C24H43O3+. The highest BCUT2D eigenvalue weighted by atomic mass is 16.6. The monoisotopic (exact) mass is 379 g/mol. The van der Waals surface area contributed by atoms with E-state index in [9.17, 15) is 0 Å². The van der Waals surface area contributed by atoms with Gasteiger partial charge in [-0.25, -0.2) is 0 Å². The number of hydrogen-bond acceptors (Lipinski definition) is 3. The Bertz CT molecular complexity index is 439. The summed E-state index contributed by atoms with van der Waals surface area (Å²) in [6.07, 6.45) is 13.9. The fourth-order valence-electron chi connectivity index (χ4n) is 5.10. The van der Waals surface area contributed by atoms with Crippen LogP contribution in [0.25, 0.3) is 0 Å². The molecule has 2 saturated carbocycles. The van der Waals surface area contributed by atoms with E-state index in [1.807, 2.05) is 0 Å². The lowest BCUT2D eigenvalue weighted by molar-refractivity contribution is -0.0468. The third-order valence-corrected chi connectivity index (χ3v) is 7.85. The lowest BCUT2D eigenvalue weighted by Gasteiger charge is -2.46. The molecule has 2 aliphatic carbocycles. The maximum atomic E-state index is 6.25. The number of ether oxygens (including phenoxy) is 3. The minimum absolute atomic E-state index is 0.197. The van der Waals surface area contributed by atoms with Crippen LogP contribution in [0.5, 0.6) is 0 Å². The molecule has 0 radical (unpaired) electrons. The zero-order valence-corrected chi connectivity index (χ0v) is 18.5. The van der Waals surface area contributed by atoms with Gasteiger partial charge < -0.3 is 14.2 Å². The van der Waals surface area contributed by atoms with Crippen molar-refractivity contribution in [1.82, 2.24) is 0 Å². The molecule has 3 rings (SSSR count). The lowest BCUT2D eigenvalue weighted by atomic mass is 9.60. The summed E-state index contributed by atoms with van der Waals surface area (Å²) in [6.45, 7) is 14.3. The van der Waals surface area contributed by atoms with E-state index >= 15 is 0 Å². The summed E-state index contributed by atoms with van der Waals surface area (Å²) < 4.78 is 17.6. The predicted molar refractivity (Wildman–Crippen MR) is 111 cm³/mol. The van der Waals surface area contributed by atoms with Gasteiger partial charge in [0.1, 0.15) is 11.5 Å². The molecule has 3 nitrogen and oxygen atoms in total. The summed E-state index contributed by atoms with van der Waals surface area (Å²) in [4.78, 5) is 0. The van der Waals surface area contributed by atoms with Gasteiger partial charge in [0.15, 0.2) is 0 Å². The van der Waals surface area contributed by atoms with E-state index in [0.717, 1.165) is 31.7 Å². The van der Waals surface area contributed by atoms with Crippen molar-refractivity contribution in [3.63, 3.8) is 0 Å². The first-order valence-electron chi connectivity index (χ1n) is 11.5. The maximum Gasteiger partial charge on any atom is 0.125 e. The first kappa shape index (κ1) is 21.5. The molecule has 3 aliphatic rings. The van der Waals surface area contributed by atoms with E-state index < -0.39 is 0 Å². The van der Waals surface area contributed by atoms with E-state index in [-0.39, 0.29) is 5.41 Å². The van der Waals surface area contributed by atoms with Gasteiger partial charge >= 0.3 is 0 Å². The van der Waals surface area contributed by atoms with Crippen LogP contribution in [0.2, 0.25) is 0 Å². The van der Waals surface area contributed by atoms with Gasteiger partial charge in [0.05, 0.1) is 45.4 Å². The van der Waals surface area contributed by atoms with Crippen LogP contribution in [0.15, 0.2) is 0 Å². The van der Waals surface area contributed by atoms with Gasteiger partial charge in [0, 0.05) is 0 Å². The molecule has 156 valence electrons. The molecule has 1 heterocycles. The number of epoxide rings is 1. The smallest absolute Gasteiger partial charge is 0.125 e. The minimum Gasteiger partial charge on any atom is -0.375 e. The molecule has 0 bridgehead atoms. The molecule has 0 spiro atoms. The van der Waals surface area contributed by atoms with Crippen molar-refractivity contribution in [2.45, 2.75) is 104 Å². The lowest BCUT2D eigenvalue weighted by Crippen LogP contribution is -2.39. The third kappa shape index (κ3) is 6.11. The van der Waals surface area contributed by atoms with Crippen LogP contribution in [-0.4, -0.2) is 38.1 Å². The Labute approximate surface area is 167 Å². The third-order valence-electron chi connectivity index (χ3n) is 7.85. The van der Waals surface area contributed by atoms with E-state index in [4.69, 9.17) is 14.2 Å². The van der Waals surface area contributed by atoms with Crippen LogP contribution in [0.3, 0.4) is 0 Å². The van der Waals surface area contributed by atoms with Crippen LogP contribution in [0.4, 0.5) is 0 Å². The molecule has 0 N–H and O–H groups in total. The molecule has 0 amide bonds. The largest absolute Gasteiger partial charge is 0.375 e. The van der Waals surface area contributed by atoms with Crippen molar-refractivity contribution in [3.05, 3.63) is 6.42 Å². The highest BCUT2D eigenvalue weighted by Gasteiger charge is 2.41. The van der Waals surface area contributed by atoms with Crippen molar-refractivity contribution in [1.29, 1.82) is 0 Å². The summed E-state index contributed by atoms with van der Waals surface area (Å²) in [5.41, 5.74) is 0.647. The zero-order valence-electron chi connectivity index (χ0n) is 18.5. The molecule has 1 saturated heterocycles. The first-order valence-corrected chi connectivity index (χ1v) is 11.5. The van der Waals surface area contributed by atoms with Crippen molar-refractivity contribution in [2.75, 3.05) is 19.8 Å². The second-order valence-electron chi connectivity index (χ2n) is 10.6. The van der Waals surface area contributed by atoms with Crippen molar-refractivity contribution in [2.24, 2.45) is 22.7 Å². The Hall–Kier alpha value is -0.250. The van der Waals surface area contributed by atoms with Crippen LogP contribution < -0.4 is 0 Å². The molecular weight excluding hydrogens is 336 g/mol. The maximum absolute atomic E-state index is 6.25. The van der Waals surface area contributed by atoms with Gasteiger partial charge in [-0.2, -0.15) is 0 Å². The van der Waals surface area contributed by atoms with Gasteiger partial charge in [-0.15, -0.1) is 0 Å². The summed E-state index contributed by atoms with van der Waals surface area (Å²) >= 11 is 0. The normalized spacial score (nSPS) is 35.1. The van der Waals surface area contributed by atoms with E-state index in [0.29, 0.717) is 23.7 Å². The zero-order chi connectivity index (χ0) is 19.5. The molecule has 0 aromatic carbocycles. The van der Waals surface area contributed by atoms with Crippen LogP contribution in [0, 0.1) is 29.1 Å². The second-order valence-corrected chi connectivity index (χ2v) is 10.6. The van der Waals surface area contributed by atoms with Crippen molar-refractivity contribution >= 4 is 0 Å². The fourth-order valence-corrected chi connectivity index (χ4v) is 5.10. The molecule has 0 aromatic heterocycles. The van der Waals surface area contributed by atoms with E-state index in [2.05, 4.69) is 41.0 Å². The molecule has 0 aromatic rings. The Morgan fingerprint density at radius 1 is 0.815 bits per heavy atom. The van der Waals surface area contributed by atoms with Crippen LogP contribution in [0.1, 0.15) is 86.0 Å². The summed E-state index contributed by atoms with van der Waals surface area (Å²) in [7, 11) is 0. The van der Waals surface area contributed by atoms with Gasteiger partial charge in [-0.1, -0.05) is 13.8 Å². The molecule has 27 heavy (non-hydrogen) atoms. The van der Waals surface area contributed by atoms with Gasteiger partial charge in [0.2, 0.25) is 0 Å². The predicted octanol–water partition coefficient (Wildman–Crippen LogP) is 5.81. The Morgan fingerprint density at radius 3 is 1.74 bits per heavy atom. The minimum atomic E-state index is 0.197. The highest BCUT2D eigenvalue weighted by molar-refractivity contribution is 4.91. The quantitative estimate of drug-likeness (QED) is 0.374. The van der Waals surface area contributed by atoms with E-state index in [1.165, 1.54) is 51.4 Å². The first-order chi connectivity index (χ1) is 12.8. The van der Waals surface area contributed by atoms with E-state index in [1.54, 1.807) is 0 Å². The van der Waals surface area contributed by atoms with Crippen LogP contribution in [-0.2, 0) is 14.2 Å². The highest BCUT2D eigenvalue weighted by Crippen LogP contribution is 2.49. The molecule has 3 heteroatoms. The van der Waals surface area contributed by atoms with Gasteiger partial charge in [-0.3, -0.25) is 0 Å². The van der Waals surface area contributed by atoms with Crippen molar-refractivity contribution < 1.29 is 14.2 Å². The molecule has 3 fully saturated rings. The summed E-state index contributed by atoms with van der Waals surface area (Å²) in [5.74, 6) is 1.70. The average Bonchev–Trinajstić information content (AvgIpc) is 3.50. The summed E-state index contributed by atoms with van der Waals surface area (Å²) in [6, 6.07) is 0. The van der Waals surface area contributed by atoms with Gasteiger partial charge in [0.25, 0.3) is 0 Å². The standard InChI is InChI=1S/C24H43O3/c1-6-23(2,3)17-27-21-13-9-19(10-14-21)24(4,5)18-7-11-20(12-8-18)25-15-22-16-26-22/h6,18-22H,7-17H2,1-5H3/q+1. The second kappa shape index (κ2) is 9.05. The fraction of sp³-hybridized carbons (Fsp3) is 0.958. The number of rotatable bonds is 9. The topological polar surface area (TPSA) is 31.0 Å². The van der Waals surface area contributed by atoms with Crippen LogP contribution >= 0.6 is 0 Å². The number of hydrogen-bond donors (Lipinski definition) is 0. The summed E-state index contributed by atoms with van der Waals surface area (Å²) in [5, 5.41) is 0. The van der Waals surface area contributed by atoms with Crippen molar-refractivity contribution in [3.8, 4) is 0 Å². The van der Waals surface area contributed by atoms with Gasteiger partial charge in [-0.05, 0) is 82.5 Å². The Morgan fingerprint density at radius 2 is 1.30 bits per heavy atom. The molecule has 1 aliphatic heterocycles. The average molecular weight is 380 g/mol. The molecule has 1 atom stereocenters. The Balaban J connectivity index is 1.39. The SMILES string of the molecule is C[CH+]C(C)(C)COC1CCC(C(C)(C)C2CCC(OCC3CO3)CC2)CC1.